The molecule has 3 heterocycles. The predicted molar refractivity (Wildman–Crippen MR) is 129 cm³/mol. The van der Waals surface area contributed by atoms with Gasteiger partial charge in [-0.3, -0.25) is 4.79 Å². The number of nitrogens with zero attached hydrogens (tertiary/aromatic N) is 4. The molecule has 2 aromatic carbocycles. The molecule has 7 nitrogen and oxygen atoms in total. The Morgan fingerprint density at radius 1 is 1.12 bits per heavy atom. The molecule has 1 aliphatic heterocycles. The van der Waals surface area contributed by atoms with Crippen LogP contribution in [0.3, 0.4) is 0 Å². The first-order chi connectivity index (χ1) is 16.1. The number of hydrogen-bond acceptors (Lipinski definition) is 7. The van der Waals surface area contributed by atoms with E-state index in [1.165, 1.54) is 0 Å². The summed E-state index contributed by atoms with van der Waals surface area (Å²) in [6.07, 6.45) is 2.72. The highest BCUT2D eigenvalue weighted by atomic mass is 32.1. The third kappa shape index (κ3) is 4.43. The fourth-order valence-corrected chi connectivity index (χ4v) is 4.91. The highest BCUT2D eigenvalue weighted by Crippen LogP contribution is 2.29. The van der Waals surface area contributed by atoms with Crippen LogP contribution in [0.4, 0.5) is 5.13 Å². The lowest BCUT2D eigenvalue weighted by atomic mass is 10.0. The molecule has 0 spiro atoms. The van der Waals surface area contributed by atoms with Gasteiger partial charge in [0.1, 0.15) is 18.1 Å². The van der Waals surface area contributed by atoms with E-state index < -0.39 is 0 Å². The molecule has 0 saturated carbocycles. The number of carbonyl (C=O) groups excluding carboxylic acids is 1. The van der Waals surface area contributed by atoms with E-state index in [0.29, 0.717) is 31.0 Å². The Balaban J connectivity index is 1.42. The van der Waals surface area contributed by atoms with E-state index in [0.717, 1.165) is 52.4 Å². The number of hydrogen-bond donors (Lipinski definition) is 0. The summed E-state index contributed by atoms with van der Waals surface area (Å²) in [5, 5.41) is 9.06. The number of fused-ring (bicyclic) bond motifs is 1. The summed E-state index contributed by atoms with van der Waals surface area (Å²) in [7, 11) is 0. The van der Waals surface area contributed by atoms with Crippen molar-refractivity contribution in [2.45, 2.75) is 26.9 Å². The summed E-state index contributed by atoms with van der Waals surface area (Å²) in [5.41, 5.74) is 2.30. The van der Waals surface area contributed by atoms with E-state index in [1.54, 1.807) is 11.3 Å². The van der Waals surface area contributed by atoms with Crippen molar-refractivity contribution in [3.63, 3.8) is 0 Å². The molecular weight excluding hydrogens is 436 g/mol. The first kappa shape index (κ1) is 21.5. The minimum absolute atomic E-state index is 0.00416. The average Bonchev–Trinajstić information content (AvgIpc) is 3.40. The van der Waals surface area contributed by atoms with E-state index in [1.807, 2.05) is 66.7 Å². The average molecular weight is 463 g/mol. The molecule has 0 N–H and O–H groups in total. The van der Waals surface area contributed by atoms with Crippen LogP contribution in [0.2, 0.25) is 0 Å². The van der Waals surface area contributed by atoms with Crippen molar-refractivity contribution in [2.75, 3.05) is 31.1 Å². The molecule has 4 aromatic rings. The van der Waals surface area contributed by atoms with Crippen LogP contribution in [0.1, 0.15) is 33.8 Å². The highest BCUT2D eigenvalue weighted by Gasteiger charge is 2.24. The number of rotatable bonds is 5. The topological polar surface area (TPSA) is 71.7 Å². The molecule has 0 unspecified atom stereocenters. The number of thiazole rings is 1. The minimum atomic E-state index is -0.00416. The molecule has 0 atom stereocenters. The maximum Gasteiger partial charge on any atom is 0.257 e. The molecule has 5 rings (SSSR count). The molecule has 0 radical (unpaired) electrons. The van der Waals surface area contributed by atoms with Crippen LogP contribution in [0.5, 0.6) is 5.75 Å². The number of amides is 1. The van der Waals surface area contributed by atoms with Crippen LogP contribution in [-0.2, 0) is 6.61 Å². The van der Waals surface area contributed by atoms with Gasteiger partial charge in [-0.25, -0.2) is 4.98 Å². The quantitative estimate of drug-likeness (QED) is 0.423. The summed E-state index contributed by atoms with van der Waals surface area (Å²) in [4.78, 5) is 22.3. The molecule has 8 heteroatoms. The van der Waals surface area contributed by atoms with Gasteiger partial charge >= 0.3 is 0 Å². The third-order valence-electron chi connectivity index (χ3n) is 6.10. The molecule has 0 aliphatic carbocycles. The molecule has 2 aromatic heterocycles. The van der Waals surface area contributed by atoms with Gasteiger partial charge in [0.15, 0.2) is 5.13 Å². The van der Waals surface area contributed by atoms with Gasteiger partial charge in [0, 0.05) is 37.8 Å². The summed E-state index contributed by atoms with van der Waals surface area (Å²) in [6, 6.07) is 11.9. The lowest BCUT2D eigenvalue weighted by molar-refractivity contribution is 0.0762. The normalized spacial score (nSPS) is 14.5. The molecule has 1 amide bonds. The van der Waals surface area contributed by atoms with Crippen LogP contribution in [0.15, 0.2) is 52.5 Å². The predicted octanol–water partition coefficient (Wildman–Crippen LogP) is 4.83. The number of carbonyl (C=O) groups is 1. The van der Waals surface area contributed by atoms with Crippen molar-refractivity contribution in [3.05, 3.63) is 70.6 Å². The molecule has 33 heavy (non-hydrogen) atoms. The molecule has 170 valence electrons. The fourth-order valence-electron chi connectivity index (χ4n) is 4.22. The number of aryl methyl sites for hydroxylation is 2. The van der Waals surface area contributed by atoms with E-state index in [2.05, 4.69) is 15.0 Å². The van der Waals surface area contributed by atoms with Gasteiger partial charge in [0.25, 0.3) is 5.91 Å². The zero-order valence-electron chi connectivity index (χ0n) is 18.8. The SMILES string of the molecule is Cc1noc(C)c1COc1cc2ccccc2cc1C(=O)N1CCCN(c2nccs2)CC1. The minimum Gasteiger partial charge on any atom is -0.488 e. The fraction of sp³-hybridized carbons (Fsp3) is 0.320. The highest BCUT2D eigenvalue weighted by molar-refractivity contribution is 7.13. The van der Waals surface area contributed by atoms with Gasteiger partial charge in [-0.15, -0.1) is 11.3 Å². The van der Waals surface area contributed by atoms with Gasteiger partial charge in [0.05, 0.1) is 16.8 Å². The van der Waals surface area contributed by atoms with Crippen molar-refractivity contribution in [3.8, 4) is 5.75 Å². The van der Waals surface area contributed by atoms with Crippen molar-refractivity contribution >= 4 is 33.1 Å². The Morgan fingerprint density at radius 3 is 2.67 bits per heavy atom. The first-order valence-electron chi connectivity index (χ1n) is 11.1. The standard InChI is InChI=1S/C25H26N4O3S/c1-17-22(18(2)32-27-17)16-31-23-15-20-7-4-3-6-19(20)14-21(23)24(30)28-9-5-10-29(12-11-28)25-26-8-13-33-25/h3-4,6-8,13-15H,5,9-12,16H2,1-2H3. The van der Waals surface area contributed by atoms with Crippen molar-refractivity contribution < 1.29 is 14.1 Å². The lowest BCUT2D eigenvalue weighted by Crippen LogP contribution is -2.35. The summed E-state index contributed by atoms with van der Waals surface area (Å²) in [6.45, 7) is 7.08. The van der Waals surface area contributed by atoms with E-state index in [-0.39, 0.29) is 5.91 Å². The van der Waals surface area contributed by atoms with Crippen LogP contribution in [-0.4, -0.2) is 47.1 Å². The molecule has 1 fully saturated rings. The Morgan fingerprint density at radius 2 is 1.94 bits per heavy atom. The molecule has 1 aliphatic rings. The maximum atomic E-state index is 13.7. The van der Waals surface area contributed by atoms with E-state index in [4.69, 9.17) is 9.26 Å². The summed E-state index contributed by atoms with van der Waals surface area (Å²) >= 11 is 1.63. The Kier molecular flexibility index (Phi) is 6.00. The van der Waals surface area contributed by atoms with E-state index >= 15 is 0 Å². The van der Waals surface area contributed by atoms with Crippen LogP contribution < -0.4 is 9.64 Å². The second-order valence-electron chi connectivity index (χ2n) is 8.23. The summed E-state index contributed by atoms with van der Waals surface area (Å²) < 4.78 is 11.5. The van der Waals surface area contributed by atoms with Crippen LogP contribution in [0.25, 0.3) is 10.8 Å². The van der Waals surface area contributed by atoms with Crippen molar-refractivity contribution in [2.24, 2.45) is 0 Å². The van der Waals surface area contributed by atoms with Gasteiger partial charge in [-0.1, -0.05) is 29.4 Å². The Hall–Kier alpha value is -3.39. The number of aromatic nitrogens is 2. The Labute approximate surface area is 196 Å². The second kappa shape index (κ2) is 9.23. The van der Waals surface area contributed by atoms with Crippen LogP contribution in [0, 0.1) is 13.8 Å². The molecule has 1 saturated heterocycles. The summed E-state index contributed by atoms with van der Waals surface area (Å²) in [5.74, 6) is 1.31. The Bertz CT molecular complexity index is 1250. The number of benzene rings is 2. The van der Waals surface area contributed by atoms with Crippen molar-refractivity contribution in [1.82, 2.24) is 15.0 Å². The van der Waals surface area contributed by atoms with Gasteiger partial charge in [-0.05, 0) is 43.2 Å². The molecular formula is C25H26N4O3S. The van der Waals surface area contributed by atoms with Gasteiger partial charge in [0.2, 0.25) is 0 Å². The van der Waals surface area contributed by atoms with E-state index in [9.17, 15) is 4.79 Å². The third-order valence-corrected chi connectivity index (χ3v) is 6.94. The number of anilines is 1. The van der Waals surface area contributed by atoms with Crippen molar-refractivity contribution in [1.29, 1.82) is 0 Å². The first-order valence-corrected chi connectivity index (χ1v) is 12.0. The lowest BCUT2D eigenvalue weighted by Gasteiger charge is -2.23. The smallest absolute Gasteiger partial charge is 0.257 e. The van der Waals surface area contributed by atoms with Gasteiger partial charge in [-0.2, -0.15) is 0 Å². The monoisotopic (exact) mass is 462 g/mol. The second-order valence-corrected chi connectivity index (χ2v) is 9.11. The maximum absolute atomic E-state index is 13.7. The van der Waals surface area contributed by atoms with Gasteiger partial charge < -0.3 is 19.1 Å². The largest absolute Gasteiger partial charge is 0.488 e. The zero-order valence-corrected chi connectivity index (χ0v) is 19.6. The van der Waals surface area contributed by atoms with Crippen LogP contribution >= 0.6 is 11.3 Å². The molecule has 0 bridgehead atoms. The number of ether oxygens (including phenoxy) is 1. The zero-order chi connectivity index (χ0) is 22.8.